The molecule has 1 aliphatic carbocycles. The maximum absolute atomic E-state index is 3.46. The molecule has 0 aromatic rings. The van der Waals surface area contributed by atoms with Crippen molar-refractivity contribution < 1.29 is 0 Å². The van der Waals surface area contributed by atoms with Gasteiger partial charge in [-0.1, -0.05) is 18.1 Å². The molecule has 1 fully saturated rings. The van der Waals surface area contributed by atoms with E-state index in [0.717, 1.165) is 12.5 Å². The summed E-state index contributed by atoms with van der Waals surface area (Å²) in [5, 5.41) is 3.46. The Bertz CT molecular complexity index is 209. The van der Waals surface area contributed by atoms with Crippen LogP contribution < -0.4 is 5.32 Å². The van der Waals surface area contributed by atoms with Crippen LogP contribution in [0.4, 0.5) is 0 Å². The van der Waals surface area contributed by atoms with E-state index in [4.69, 9.17) is 0 Å². The van der Waals surface area contributed by atoms with Crippen LogP contribution in [0.25, 0.3) is 0 Å². The molecule has 2 rings (SSSR count). The molecule has 60 valence electrons. The van der Waals surface area contributed by atoms with Gasteiger partial charge in [0.25, 0.3) is 0 Å². The molecule has 0 aromatic carbocycles. The standard InChI is InChI=1S/C10H15N/c1-8-5-6-10(11-7-8)9-3-2-4-9/h5-6,9,11H,2-4,7H2,1H3. The van der Waals surface area contributed by atoms with Gasteiger partial charge < -0.3 is 5.32 Å². The predicted molar refractivity (Wildman–Crippen MR) is 47.2 cm³/mol. The number of dihydropyridines is 1. The molecule has 0 spiro atoms. The minimum Gasteiger partial charge on any atom is -0.384 e. The Hall–Kier alpha value is -0.720. The van der Waals surface area contributed by atoms with Gasteiger partial charge in [0.2, 0.25) is 0 Å². The number of rotatable bonds is 1. The lowest BCUT2D eigenvalue weighted by Crippen LogP contribution is -2.27. The first kappa shape index (κ1) is 6.96. The zero-order valence-electron chi connectivity index (χ0n) is 7.06. The quantitative estimate of drug-likeness (QED) is 0.602. The van der Waals surface area contributed by atoms with Gasteiger partial charge in [0.05, 0.1) is 0 Å². The lowest BCUT2D eigenvalue weighted by atomic mass is 9.82. The molecule has 1 heterocycles. The zero-order chi connectivity index (χ0) is 7.68. The molecule has 11 heavy (non-hydrogen) atoms. The first-order valence-electron chi connectivity index (χ1n) is 4.47. The zero-order valence-corrected chi connectivity index (χ0v) is 7.06. The summed E-state index contributed by atoms with van der Waals surface area (Å²) in [5.41, 5.74) is 2.91. The second-order valence-electron chi connectivity index (χ2n) is 3.62. The molecule has 0 atom stereocenters. The van der Waals surface area contributed by atoms with Crippen LogP contribution in [0.3, 0.4) is 0 Å². The Labute approximate surface area is 68.2 Å². The van der Waals surface area contributed by atoms with Crippen LogP contribution in [0, 0.1) is 5.92 Å². The van der Waals surface area contributed by atoms with E-state index in [1.807, 2.05) is 0 Å². The molecule has 1 heteroatoms. The van der Waals surface area contributed by atoms with Crippen molar-refractivity contribution >= 4 is 0 Å². The fourth-order valence-electron chi connectivity index (χ4n) is 1.59. The van der Waals surface area contributed by atoms with E-state index in [2.05, 4.69) is 24.4 Å². The molecule has 1 nitrogen and oxygen atoms in total. The Kier molecular flexibility index (Phi) is 1.72. The van der Waals surface area contributed by atoms with E-state index in [1.165, 1.54) is 30.5 Å². The molecule has 1 saturated carbocycles. The van der Waals surface area contributed by atoms with Crippen molar-refractivity contribution in [3.63, 3.8) is 0 Å². The first-order valence-corrected chi connectivity index (χ1v) is 4.47. The maximum Gasteiger partial charge on any atom is 0.0357 e. The van der Waals surface area contributed by atoms with Gasteiger partial charge in [-0.3, -0.25) is 0 Å². The Morgan fingerprint density at radius 1 is 1.36 bits per heavy atom. The third-order valence-corrected chi connectivity index (χ3v) is 2.66. The van der Waals surface area contributed by atoms with Gasteiger partial charge >= 0.3 is 0 Å². The molecule has 0 unspecified atom stereocenters. The Morgan fingerprint density at radius 3 is 2.64 bits per heavy atom. The van der Waals surface area contributed by atoms with E-state index in [0.29, 0.717) is 0 Å². The van der Waals surface area contributed by atoms with Gasteiger partial charge in [0.1, 0.15) is 0 Å². The van der Waals surface area contributed by atoms with Crippen molar-refractivity contribution in [1.29, 1.82) is 0 Å². The summed E-state index contributed by atoms with van der Waals surface area (Å²) in [6, 6.07) is 0. The second-order valence-corrected chi connectivity index (χ2v) is 3.62. The monoisotopic (exact) mass is 149 g/mol. The average Bonchev–Trinajstić information content (AvgIpc) is 1.90. The van der Waals surface area contributed by atoms with Crippen LogP contribution in [0.5, 0.6) is 0 Å². The SMILES string of the molecule is CC1=CC=C(C2CCC2)NC1. The normalized spacial score (nSPS) is 24.8. The van der Waals surface area contributed by atoms with Gasteiger partial charge in [0.15, 0.2) is 0 Å². The van der Waals surface area contributed by atoms with E-state index >= 15 is 0 Å². The van der Waals surface area contributed by atoms with E-state index in [1.54, 1.807) is 0 Å². The highest BCUT2D eigenvalue weighted by molar-refractivity contribution is 5.24. The lowest BCUT2D eigenvalue weighted by Gasteiger charge is -2.30. The molecule has 0 saturated heterocycles. The molecular weight excluding hydrogens is 134 g/mol. The van der Waals surface area contributed by atoms with Gasteiger partial charge in [-0.15, -0.1) is 0 Å². The van der Waals surface area contributed by atoms with Crippen molar-refractivity contribution in [1.82, 2.24) is 5.32 Å². The lowest BCUT2D eigenvalue weighted by molar-refractivity contribution is 0.350. The van der Waals surface area contributed by atoms with Crippen LogP contribution >= 0.6 is 0 Å². The van der Waals surface area contributed by atoms with Crippen LogP contribution in [-0.2, 0) is 0 Å². The highest BCUT2D eigenvalue weighted by atomic mass is 14.9. The van der Waals surface area contributed by atoms with Gasteiger partial charge in [-0.2, -0.15) is 0 Å². The van der Waals surface area contributed by atoms with E-state index in [-0.39, 0.29) is 0 Å². The molecule has 0 aromatic heterocycles. The smallest absolute Gasteiger partial charge is 0.0357 e. The predicted octanol–water partition coefficient (Wildman–Crippen LogP) is 2.22. The third-order valence-electron chi connectivity index (χ3n) is 2.66. The van der Waals surface area contributed by atoms with Crippen LogP contribution in [0.1, 0.15) is 26.2 Å². The fraction of sp³-hybridized carbons (Fsp3) is 0.600. The minimum atomic E-state index is 0.861. The summed E-state index contributed by atoms with van der Waals surface area (Å²) >= 11 is 0. The van der Waals surface area contributed by atoms with Crippen LogP contribution in [0.15, 0.2) is 23.4 Å². The van der Waals surface area contributed by atoms with Crippen molar-refractivity contribution in [2.24, 2.45) is 5.92 Å². The largest absolute Gasteiger partial charge is 0.384 e. The topological polar surface area (TPSA) is 12.0 Å². The molecule has 1 N–H and O–H groups in total. The van der Waals surface area contributed by atoms with Crippen molar-refractivity contribution in [3.05, 3.63) is 23.4 Å². The highest BCUT2D eigenvalue weighted by Gasteiger charge is 2.21. The number of nitrogens with one attached hydrogen (secondary N) is 1. The third kappa shape index (κ3) is 1.32. The Balaban J connectivity index is 2.03. The van der Waals surface area contributed by atoms with E-state index < -0.39 is 0 Å². The van der Waals surface area contributed by atoms with Crippen molar-refractivity contribution in [3.8, 4) is 0 Å². The van der Waals surface area contributed by atoms with Gasteiger partial charge in [0, 0.05) is 12.2 Å². The molecule has 0 radical (unpaired) electrons. The van der Waals surface area contributed by atoms with Crippen molar-refractivity contribution in [2.75, 3.05) is 6.54 Å². The molecule has 2 aliphatic rings. The van der Waals surface area contributed by atoms with E-state index in [9.17, 15) is 0 Å². The maximum atomic E-state index is 3.46. The fourth-order valence-corrected chi connectivity index (χ4v) is 1.59. The summed E-state index contributed by atoms with van der Waals surface area (Å²) in [6.07, 6.45) is 8.70. The highest BCUT2D eigenvalue weighted by Crippen LogP contribution is 2.32. The first-order chi connectivity index (χ1) is 5.36. The summed E-state index contributed by atoms with van der Waals surface area (Å²) in [4.78, 5) is 0. The van der Waals surface area contributed by atoms with Gasteiger partial charge in [-0.05, 0) is 31.8 Å². The van der Waals surface area contributed by atoms with Crippen LogP contribution in [0.2, 0.25) is 0 Å². The number of hydrogen-bond donors (Lipinski definition) is 1. The van der Waals surface area contributed by atoms with Crippen molar-refractivity contribution in [2.45, 2.75) is 26.2 Å². The summed E-state index contributed by atoms with van der Waals surface area (Å²) in [5.74, 6) is 0.861. The molecule has 0 bridgehead atoms. The molecule has 1 aliphatic heterocycles. The summed E-state index contributed by atoms with van der Waals surface area (Å²) in [6.45, 7) is 3.23. The Morgan fingerprint density at radius 2 is 2.18 bits per heavy atom. The minimum absolute atomic E-state index is 0.861. The summed E-state index contributed by atoms with van der Waals surface area (Å²) in [7, 11) is 0. The summed E-state index contributed by atoms with van der Waals surface area (Å²) < 4.78 is 0. The van der Waals surface area contributed by atoms with Gasteiger partial charge in [-0.25, -0.2) is 0 Å². The second kappa shape index (κ2) is 2.72. The van der Waals surface area contributed by atoms with Crippen LogP contribution in [-0.4, -0.2) is 6.54 Å². The number of allylic oxidation sites excluding steroid dienone is 3. The number of hydrogen-bond acceptors (Lipinski definition) is 1. The molecular formula is C10H15N. The molecule has 0 amide bonds. The average molecular weight is 149 g/mol.